The first-order valence-electron chi connectivity index (χ1n) is 4.85. The van der Waals surface area contributed by atoms with E-state index in [-0.39, 0.29) is 11.1 Å². The van der Waals surface area contributed by atoms with E-state index in [0.29, 0.717) is 0 Å². The number of aliphatic hydroxyl groups is 2. The number of ether oxygens (including phenoxy) is 2. The van der Waals surface area contributed by atoms with Crippen molar-refractivity contribution in [2.24, 2.45) is 0 Å². The van der Waals surface area contributed by atoms with Crippen LogP contribution in [0.15, 0.2) is 24.3 Å². The Morgan fingerprint density at radius 2 is 1.39 bits per heavy atom. The second kappa shape index (κ2) is 5.55. The first-order valence-corrected chi connectivity index (χ1v) is 5.30. The van der Waals surface area contributed by atoms with Crippen molar-refractivity contribution in [1.29, 1.82) is 0 Å². The molecule has 0 aliphatic heterocycles. The highest BCUT2D eigenvalue weighted by molar-refractivity contribution is 7.81. The molecule has 18 heavy (non-hydrogen) atoms. The summed E-state index contributed by atoms with van der Waals surface area (Å²) in [4.78, 5) is 22.5. The molecule has 0 aliphatic rings. The molecule has 0 aromatic rings. The van der Waals surface area contributed by atoms with Crippen molar-refractivity contribution in [3.05, 3.63) is 24.3 Å². The Bertz CT molecular complexity index is 358. The molecule has 0 spiro atoms. The van der Waals surface area contributed by atoms with Crippen LogP contribution in [0.4, 0.5) is 0 Å². The van der Waals surface area contributed by atoms with E-state index in [4.69, 9.17) is 0 Å². The van der Waals surface area contributed by atoms with E-state index in [1.165, 1.54) is 13.8 Å². The number of hydrogen-bond acceptors (Lipinski definition) is 7. The zero-order valence-corrected chi connectivity index (χ0v) is 11.3. The molecule has 2 N–H and O–H groups in total. The van der Waals surface area contributed by atoms with Gasteiger partial charge in [0.25, 0.3) is 5.79 Å². The monoisotopic (exact) mass is 276 g/mol. The molecular weight excluding hydrogens is 260 g/mol. The van der Waals surface area contributed by atoms with Crippen LogP contribution in [0.25, 0.3) is 0 Å². The zero-order valence-electron chi connectivity index (χ0n) is 10.4. The van der Waals surface area contributed by atoms with E-state index in [9.17, 15) is 19.8 Å². The van der Waals surface area contributed by atoms with Crippen molar-refractivity contribution in [1.82, 2.24) is 0 Å². The topological polar surface area (TPSA) is 93.1 Å². The summed E-state index contributed by atoms with van der Waals surface area (Å²) >= 11 is 3.56. The highest BCUT2D eigenvalue weighted by Gasteiger charge is 2.51. The largest absolute Gasteiger partial charge is 0.422 e. The Morgan fingerprint density at radius 3 is 1.72 bits per heavy atom. The molecule has 0 heterocycles. The number of thiol groups is 1. The lowest BCUT2D eigenvalue weighted by atomic mass is 10.2. The second-order valence-electron chi connectivity index (χ2n) is 3.93. The Hall–Kier alpha value is -1.31. The van der Waals surface area contributed by atoms with Gasteiger partial charge in [-0.2, -0.15) is 0 Å². The normalized spacial score (nSPS) is 17.0. The van der Waals surface area contributed by atoms with Gasteiger partial charge in [0.1, 0.15) is 0 Å². The third kappa shape index (κ3) is 4.17. The molecule has 6 nitrogen and oxygen atoms in total. The van der Waals surface area contributed by atoms with Crippen LogP contribution in [-0.2, 0) is 19.1 Å². The van der Waals surface area contributed by atoms with Crippen LogP contribution >= 0.6 is 12.6 Å². The van der Waals surface area contributed by atoms with E-state index in [0.717, 1.165) is 6.92 Å². The SMILES string of the molecule is C=C(C)C(=O)OC(C)(O)C(O)(S)OC(=O)C(=C)C. The smallest absolute Gasteiger partial charge is 0.336 e. The highest BCUT2D eigenvalue weighted by atomic mass is 32.1. The molecule has 0 saturated carbocycles. The fourth-order valence-electron chi connectivity index (χ4n) is 0.645. The van der Waals surface area contributed by atoms with Crippen LogP contribution in [0.3, 0.4) is 0 Å². The van der Waals surface area contributed by atoms with Crippen LogP contribution in [0, 0.1) is 0 Å². The van der Waals surface area contributed by atoms with Gasteiger partial charge >= 0.3 is 17.1 Å². The fraction of sp³-hybridized carbons (Fsp3) is 0.455. The third-order valence-corrected chi connectivity index (χ3v) is 2.33. The van der Waals surface area contributed by atoms with Gasteiger partial charge in [-0.15, -0.1) is 0 Å². The molecule has 0 saturated heterocycles. The van der Waals surface area contributed by atoms with Crippen molar-refractivity contribution in [2.45, 2.75) is 31.7 Å². The van der Waals surface area contributed by atoms with Gasteiger partial charge in [-0.25, -0.2) is 9.59 Å². The van der Waals surface area contributed by atoms with Crippen molar-refractivity contribution >= 4 is 24.6 Å². The van der Waals surface area contributed by atoms with E-state index >= 15 is 0 Å². The molecule has 0 bridgehead atoms. The van der Waals surface area contributed by atoms with Crippen molar-refractivity contribution < 1.29 is 29.3 Å². The number of hydrogen-bond donors (Lipinski definition) is 3. The van der Waals surface area contributed by atoms with Gasteiger partial charge < -0.3 is 19.7 Å². The number of carbonyl (C=O) groups is 2. The molecular formula is C11H16O6S. The van der Waals surface area contributed by atoms with Crippen LogP contribution in [0.1, 0.15) is 20.8 Å². The predicted molar refractivity (Wildman–Crippen MR) is 66.4 cm³/mol. The molecule has 0 aromatic heterocycles. The Labute approximate surface area is 110 Å². The van der Waals surface area contributed by atoms with Crippen molar-refractivity contribution in [3.8, 4) is 0 Å². The zero-order chi connectivity index (χ0) is 14.7. The number of carbonyl (C=O) groups excluding carboxylic acids is 2. The standard InChI is InChI=1S/C11H16O6S/c1-6(2)8(12)16-10(5,14)11(15,18)17-9(13)7(3)4/h14-15,18H,1,3H2,2,4-5H3. The average Bonchev–Trinajstić information content (AvgIpc) is 2.15. The van der Waals surface area contributed by atoms with Crippen LogP contribution in [0.2, 0.25) is 0 Å². The summed E-state index contributed by atoms with van der Waals surface area (Å²) < 4.78 is 9.00. The first kappa shape index (κ1) is 16.7. The average molecular weight is 276 g/mol. The van der Waals surface area contributed by atoms with E-state index in [1.54, 1.807) is 0 Å². The maximum absolute atomic E-state index is 11.2. The molecule has 0 amide bonds. The summed E-state index contributed by atoms with van der Waals surface area (Å²) in [6.07, 6.45) is 0. The number of esters is 2. The molecule has 2 unspecified atom stereocenters. The third-order valence-electron chi connectivity index (χ3n) is 1.83. The highest BCUT2D eigenvalue weighted by Crippen LogP contribution is 2.30. The summed E-state index contributed by atoms with van der Waals surface area (Å²) in [5.41, 5.74) is -0.0323. The predicted octanol–water partition coefficient (Wildman–Crippen LogP) is 0.509. The number of rotatable bonds is 5. The van der Waals surface area contributed by atoms with Gasteiger partial charge in [0.2, 0.25) is 0 Å². The van der Waals surface area contributed by atoms with E-state index < -0.39 is 22.8 Å². The van der Waals surface area contributed by atoms with Crippen LogP contribution in [-0.4, -0.2) is 33.1 Å². The van der Waals surface area contributed by atoms with Gasteiger partial charge in [0.05, 0.1) is 0 Å². The first-order chi connectivity index (χ1) is 7.90. The summed E-state index contributed by atoms with van der Waals surface area (Å²) in [5.74, 6) is -4.53. The van der Waals surface area contributed by atoms with E-state index in [2.05, 4.69) is 35.3 Å². The summed E-state index contributed by atoms with van der Waals surface area (Å²) in [6, 6.07) is 0. The van der Waals surface area contributed by atoms with E-state index in [1.807, 2.05) is 0 Å². The molecule has 0 aliphatic carbocycles. The molecule has 0 fully saturated rings. The lowest BCUT2D eigenvalue weighted by Crippen LogP contribution is -2.54. The minimum absolute atomic E-state index is 0.00867. The van der Waals surface area contributed by atoms with Crippen molar-refractivity contribution in [3.63, 3.8) is 0 Å². The van der Waals surface area contributed by atoms with Crippen molar-refractivity contribution in [2.75, 3.05) is 0 Å². The lowest BCUT2D eigenvalue weighted by molar-refractivity contribution is -0.308. The summed E-state index contributed by atoms with van der Waals surface area (Å²) in [7, 11) is 0. The lowest BCUT2D eigenvalue weighted by Gasteiger charge is -2.35. The quantitative estimate of drug-likeness (QED) is 0.293. The minimum Gasteiger partial charge on any atom is -0.422 e. The maximum Gasteiger partial charge on any atom is 0.336 e. The molecule has 7 heteroatoms. The van der Waals surface area contributed by atoms with Gasteiger partial charge in [0.15, 0.2) is 0 Å². The van der Waals surface area contributed by atoms with Crippen LogP contribution in [0.5, 0.6) is 0 Å². The Kier molecular flexibility index (Phi) is 5.15. The second-order valence-corrected chi connectivity index (χ2v) is 4.54. The van der Waals surface area contributed by atoms with Gasteiger partial charge in [0, 0.05) is 18.1 Å². The molecule has 0 rings (SSSR count). The van der Waals surface area contributed by atoms with Crippen LogP contribution < -0.4 is 0 Å². The van der Waals surface area contributed by atoms with Gasteiger partial charge in [-0.3, -0.25) is 0 Å². The summed E-state index contributed by atoms with van der Waals surface area (Å²) in [6.45, 7) is 10.2. The molecule has 2 atom stereocenters. The minimum atomic E-state index is -2.73. The van der Waals surface area contributed by atoms with Gasteiger partial charge in [-0.1, -0.05) is 25.8 Å². The summed E-state index contributed by atoms with van der Waals surface area (Å²) in [5, 5.41) is 16.8. The fourth-order valence-corrected chi connectivity index (χ4v) is 0.774. The Balaban J connectivity index is 4.96. The maximum atomic E-state index is 11.2. The Morgan fingerprint density at radius 1 is 1.06 bits per heavy atom. The molecule has 102 valence electrons. The molecule has 0 aromatic carbocycles. The van der Waals surface area contributed by atoms with Gasteiger partial charge in [-0.05, 0) is 13.8 Å². The molecule has 0 radical (unpaired) electrons.